The lowest BCUT2D eigenvalue weighted by Gasteiger charge is -2.40. The van der Waals surface area contributed by atoms with E-state index >= 15 is 0 Å². The highest BCUT2D eigenvalue weighted by Crippen LogP contribution is 2.59. The third-order valence-corrected chi connectivity index (χ3v) is 10.5. The summed E-state index contributed by atoms with van der Waals surface area (Å²) in [5, 5.41) is 14.0. The fraction of sp³-hybridized carbons (Fsp3) is 0.474. The van der Waals surface area contributed by atoms with E-state index in [2.05, 4.69) is 18.5 Å². The maximum Gasteiger partial charge on any atom is 0.313 e. The number of halogens is 1. The van der Waals surface area contributed by atoms with Gasteiger partial charge in [0.1, 0.15) is 17.7 Å². The van der Waals surface area contributed by atoms with Gasteiger partial charge in [-0.3, -0.25) is 19.2 Å². The van der Waals surface area contributed by atoms with Gasteiger partial charge in [0.25, 0.3) is 5.91 Å². The number of aliphatic hydroxyl groups is 1. The number of amides is 3. The van der Waals surface area contributed by atoms with Crippen LogP contribution in [0.1, 0.15) is 57.6 Å². The van der Waals surface area contributed by atoms with Crippen molar-refractivity contribution < 1.29 is 33.8 Å². The number of hydrogen-bond donors (Lipinski definition) is 2. The number of carbonyl (C=O) groups excluding carboxylic acids is 4. The number of esters is 1. The number of anilines is 1. The number of carbonyl (C=O) groups is 4. The summed E-state index contributed by atoms with van der Waals surface area (Å²) in [6, 6.07) is 14.1. The van der Waals surface area contributed by atoms with Crippen LogP contribution in [-0.4, -0.2) is 77.2 Å². The average molecular weight is 692 g/mol. The molecule has 0 unspecified atom stereocenters. The Kier molecular flexibility index (Phi) is 11.6. The molecular weight excluding hydrogens is 646 g/mol. The van der Waals surface area contributed by atoms with Gasteiger partial charge >= 0.3 is 5.97 Å². The Morgan fingerprint density at radius 1 is 1.16 bits per heavy atom. The zero-order chi connectivity index (χ0) is 35.3. The van der Waals surface area contributed by atoms with Crippen molar-refractivity contribution in [3.05, 3.63) is 90.5 Å². The molecule has 5 rings (SSSR count). The van der Waals surface area contributed by atoms with E-state index < -0.39 is 53.6 Å². The van der Waals surface area contributed by atoms with Crippen LogP contribution in [-0.2, 0) is 28.7 Å². The normalized spacial score (nSPS) is 25.6. The zero-order valence-corrected chi connectivity index (χ0v) is 28.9. The molecule has 2 aromatic rings. The minimum absolute atomic E-state index is 0.0408. The van der Waals surface area contributed by atoms with E-state index in [1.165, 1.54) is 4.90 Å². The Balaban J connectivity index is 1.51. The topological polar surface area (TPSA) is 125 Å². The standard InChI is InChI=1S/C38H46ClN3O7/c1-5-8-14-31(44)40-22-30(25-12-10-9-11-13-25)48-37(47)32-29-19-20-38(49-29)33(32)35(45)42(28(23-43)24(4)7-3)34(38)36(46)41(21-6-2)27-17-15-26(39)16-18-27/h5-6,9-13,15-18,24,28-30,32-34,43H,1-2,7-8,14,19-23H2,3-4H3,(H,40,44)/t24-,28-,29-,30-,32+,33+,34-,38+/m0/s1. The van der Waals surface area contributed by atoms with Crippen molar-refractivity contribution in [1.29, 1.82) is 0 Å². The number of ether oxygens (including phenoxy) is 2. The molecule has 3 fully saturated rings. The summed E-state index contributed by atoms with van der Waals surface area (Å²) >= 11 is 6.16. The number of rotatable bonds is 16. The first kappa shape index (κ1) is 36.3. The first-order chi connectivity index (χ1) is 23.6. The van der Waals surface area contributed by atoms with E-state index in [4.69, 9.17) is 21.1 Å². The predicted octanol–water partition coefficient (Wildman–Crippen LogP) is 5.01. The van der Waals surface area contributed by atoms with Gasteiger partial charge in [-0.1, -0.05) is 74.4 Å². The maximum absolute atomic E-state index is 14.8. The number of benzene rings is 2. The fourth-order valence-corrected chi connectivity index (χ4v) is 7.80. The molecule has 262 valence electrons. The highest BCUT2D eigenvalue weighted by Gasteiger charge is 2.76. The number of allylic oxidation sites excluding steroid dienone is 1. The van der Waals surface area contributed by atoms with E-state index in [0.717, 1.165) is 0 Å². The number of hydrogen-bond acceptors (Lipinski definition) is 7. The number of nitrogens with one attached hydrogen (secondary N) is 1. The summed E-state index contributed by atoms with van der Waals surface area (Å²) in [5.41, 5.74) is -0.0580. The quantitative estimate of drug-likeness (QED) is 0.187. The molecule has 2 bridgehead atoms. The summed E-state index contributed by atoms with van der Waals surface area (Å²) in [7, 11) is 0. The van der Waals surface area contributed by atoms with Gasteiger partial charge in [0.15, 0.2) is 0 Å². The molecule has 0 aliphatic carbocycles. The number of nitrogens with zero attached hydrogens (tertiary/aromatic N) is 2. The molecule has 0 radical (unpaired) electrons. The Labute approximate surface area is 293 Å². The van der Waals surface area contributed by atoms with E-state index in [-0.39, 0.29) is 43.8 Å². The highest BCUT2D eigenvalue weighted by atomic mass is 35.5. The maximum atomic E-state index is 14.8. The third kappa shape index (κ3) is 7.04. The second kappa shape index (κ2) is 15.7. The molecular formula is C38H46ClN3O7. The van der Waals surface area contributed by atoms with Crippen molar-refractivity contribution in [1.82, 2.24) is 10.2 Å². The molecule has 2 aromatic carbocycles. The summed E-state index contributed by atoms with van der Waals surface area (Å²) in [6.45, 7) is 11.2. The molecule has 2 N–H and O–H groups in total. The van der Waals surface area contributed by atoms with Gasteiger partial charge < -0.3 is 29.7 Å². The van der Waals surface area contributed by atoms with Crippen molar-refractivity contribution in [3.8, 4) is 0 Å². The van der Waals surface area contributed by atoms with Gasteiger partial charge in [0.05, 0.1) is 37.1 Å². The molecule has 3 heterocycles. The van der Waals surface area contributed by atoms with E-state index in [1.807, 2.05) is 44.2 Å². The van der Waals surface area contributed by atoms with Gasteiger partial charge in [-0.2, -0.15) is 0 Å². The Hall–Kier alpha value is -3.99. The predicted molar refractivity (Wildman–Crippen MR) is 186 cm³/mol. The minimum atomic E-state index is -1.31. The molecule has 0 saturated carbocycles. The van der Waals surface area contributed by atoms with Crippen LogP contribution in [0.4, 0.5) is 5.69 Å². The lowest BCUT2D eigenvalue weighted by molar-refractivity contribution is -0.161. The van der Waals surface area contributed by atoms with Crippen molar-refractivity contribution in [2.24, 2.45) is 17.8 Å². The summed E-state index contributed by atoms with van der Waals surface area (Å²) in [6.07, 6.45) is 4.05. The van der Waals surface area contributed by atoms with Crippen LogP contribution in [0.15, 0.2) is 79.9 Å². The van der Waals surface area contributed by atoms with Gasteiger partial charge in [0, 0.05) is 23.7 Å². The molecule has 3 aliphatic rings. The first-order valence-corrected chi connectivity index (χ1v) is 17.4. The van der Waals surface area contributed by atoms with Crippen LogP contribution >= 0.6 is 11.6 Å². The molecule has 11 heteroatoms. The zero-order valence-electron chi connectivity index (χ0n) is 28.1. The average Bonchev–Trinajstić information content (AvgIpc) is 3.76. The molecule has 3 saturated heterocycles. The van der Waals surface area contributed by atoms with Gasteiger partial charge in [-0.25, -0.2) is 0 Å². The van der Waals surface area contributed by atoms with Gasteiger partial charge in [-0.05, 0) is 55.0 Å². The van der Waals surface area contributed by atoms with E-state index in [0.29, 0.717) is 42.0 Å². The summed E-state index contributed by atoms with van der Waals surface area (Å²) < 4.78 is 12.8. The second-order valence-electron chi connectivity index (χ2n) is 13.1. The molecule has 0 aromatic heterocycles. The molecule has 3 amide bonds. The van der Waals surface area contributed by atoms with Crippen molar-refractivity contribution in [2.75, 3.05) is 24.6 Å². The lowest BCUT2D eigenvalue weighted by Crippen LogP contribution is -2.60. The fourth-order valence-electron chi connectivity index (χ4n) is 7.67. The number of fused-ring (bicyclic) bond motifs is 1. The highest BCUT2D eigenvalue weighted by molar-refractivity contribution is 6.30. The van der Waals surface area contributed by atoms with Gasteiger partial charge in [-0.15, -0.1) is 13.2 Å². The van der Waals surface area contributed by atoms with Crippen molar-refractivity contribution in [2.45, 2.75) is 75.8 Å². The van der Waals surface area contributed by atoms with Crippen LogP contribution in [0.25, 0.3) is 0 Å². The Morgan fingerprint density at radius 2 is 1.88 bits per heavy atom. The SMILES string of the molecule is C=CCCC(=O)NC[C@H](OC(=O)[C@@H]1[C@@H]2CC[C@]3(O2)[C@H](C(=O)N(CC=C)c2ccc(Cl)cc2)N([C@@H](CO)[C@@H](C)CC)C(=O)[C@@H]13)c1ccccc1. The summed E-state index contributed by atoms with van der Waals surface area (Å²) in [4.78, 5) is 59.3. The largest absolute Gasteiger partial charge is 0.455 e. The van der Waals surface area contributed by atoms with E-state index in [9.17, 15) is 24.3 Å². The Bertz CT molecular complexity index is 1540. The monoisotopic (exact) mass is 691 g/mol. The van der Waals surface area contributed by atoms with Crippen molar-refractivity contribution >= 4 is 41.0 Å². The van der Waals surface area contributed by atoms with Crippen LogP contribution < -0.4 is 10.2 Å². The Morgan fingerprint density at radius 3 is 2.51 bits per heavy atom. The molecule has 49 heavy (non-hydrogen) atoms. The number of likely N-dealkylation sites (tertiary alicyclic amines) is 1. The van der Waals surface area contributed by atoms with Crippen LogP contribution in [0, 0.1) is 17.8 Å². The lowest BCUT2D eigenvalue weighted by atomic mass is 9.70. The van der Waals surface area contributed by atoms with E-state index in [1.54, 1.807) is 41.3 Å². The number of aliphatic hydroxyl groups excluding tert-OH is 1. The molecule has 1 spiro atoms. The smallest absolute Gasteiger partial charge is 0.313 e. The third-order valence-electron chi connectivity index (χ3n) is 10.3. The van der Waals surface area contributed by atoms with Crippen molar-refractivity contribution in [3.63, 3.8) is 0 Å². The summed E-state index contributed by atoms with van der Waals surface area (Å²) in [5.74, 6) is -3.77. The van der Waals surface area contributed by atoms with Gasteiger partial charge in [0.2, 0.25) is 11.8 Å². The second-order valence-corrected chi connectivity index (χ2v) is 13.6. The van der Waals surface area contributed by atoms with Crippen LogP contribution in [0.3, 0.4) is 0 Å². The molecule has 8 atom stereocenters. The molecule has 10 nitrogen and oxygen atoms in total. The minimum Gasteiger partial charge on any atom is -0.455 e. The molecule has 3 aliphatic heterocycles. The first-order valence-electron chi connectivity index (χ1n) is 17.0. The van der Waals surface area contributed by atoms with Crippen LogP contribution in [0.2, 0.25) is 5.02 Å². The van der Waals surface area contributed by atoms with Crippen LogP contribution in [0.5, 0.6) is 0 Å².